The van der Waals surface area contributed by atoms with Crippen LogP contribution in [-0.4, -0.2) is 6.54 Å². The van der Waals surface area contributed by atoms with Crippen LogP contribution in [0.3, 0.4) is 0 Å². The van der Waals surface area contributed by atoms with Crippen molar-refractivity contribution in [1.82, 2.24) is 5.32 Å². The highest BCUT2D eigenvalue weighted by molar-refractivity contribution is 6.36. The molecule has 0 aliphatic carbocycles. The lowest BCUT2D eigenvalue weighted by atomic mass is 9.98. The van der Waals surface area contributed by atoms with Crippen molar-refractivity contribution in [2.75, 3.05) is 6.54 Å². The molecule has 0 aromatic heterocycles. The van der Waals surface area contributed by atoms with Gasteiger partial charge in [-0.1, -0.05) is 65.5 Å². The Bertz CT molecular complexity index is 607. The Kier molecular flexibility index (Phi) is 6.21. The molecule has 0 saturated carbocycles. The molecule has 5 heteroatoms. The molecule has 2 aromatic rings. The first-order valence-electron chi connectivity index (χ1n) is 6.64. The SMILES string of the molecule is CCNC(Cc1c(Cl)cccc1Cl)c1ccc(Cl)cc1Cl. The first-order chi connectivity index (χ1) is 10.0. The Morgan fingerprint density at radius 3 is 2.19 bits per heavy atom. The minimum atomic E-state index is 0.0252. The molecule has 1 unspecified atom stereocenters. The monoisotopic (exact) mass is 361 g/mol. The van der Waals surface area contributed by atoms with E-state index in [0.717, 1.165) is 17.7 Å². The maximum atomic E-state index is 6.32. The molecule has 21 heavy (non-hydrogen) atoms. The Morgan fingerprint density at radius 1 is 0.952 bits per heavy atom. The third-order valence-corrected chi connectivity index (χ3v) is 4.53. The summed E-state index contributed by atoms with van der Waals surface area (Å²) in [6.45, 7) is 2.86. The number of hydrogen-bond acceptors (Lipinski definition) is 1. The Morgan fingerprint density at radius 2 is 1.62 bits per heavy atom. The fourth-order valence-corrected chi connectivity index (χ4v) is 3.35. The molecule has 0 amide bonds. The summed E-state index contributed by atoms with van der Waals surface area (Å²) in [5.41, 5.74) is 1.90. The van der Waals surface area contributed by atoms with E-state index in [4.69, 9.17) is 46.4 Å². The van der Waals surface area contributed by atoms with Crippen molar-refractivity contribution in [3.63, 3.8) is 0 Å². The lowest BCUT2D eigenvalue weighted by Crippen LogP contribution is -2.23. The van der Waals surface area contributed by atoms with Crippen LogP contribution < -0.4 is 5.32 Å². The molecule has 0 spiro atoms. The zero-order valence-corrected chi connectivity index (χ0v) is 14.5. The average Bonchev–Trinajstić information content (AvgIpc) is 2.42. The van der Waals surface area contributed by atoms with Gasteiger partial charge in [0.15, 0.2) is 0 Å². The van der Waals surface area contributed by atoms with Gasteiger partial charge in [0.05, 0.1) is 0 Å². The molecule has 0 heterocycles. The van der Waals surface area contributed by atoms with Crippen molar-refractivity contribution < 1.29 is 0 Å². The molecule has 2 aromatic carbocycles. The van der Waals surface area contributed by atoms with Crippen LogP contribution in [0, 0.1) is 0 Å². The molecule has 0 aliphatic rings. The lowest BCUT2D eigenvalue weighted by molar-refractivity contribution is 0.550. The van der Waals surface area contributed by atoms with Crippen molar-refractivity contribution in [2.45, 2.75) is 19.4 Å². The molecule has 0 aliphatic heterocycles. The van der Waals surface area contributed by atoms with E-state index < -0.39 is 0 Å². The number of likely N-dealkylation sites (N-methyl/N-ethyl adjacent to an activating group) is 1. The lowest BCUT2D eigenvalue weighted by Gasteiger charge is -2.21. The van der Waals surface area contributed by atoms with Crippen molar-refractivity contribution in [1.29, 1.82) is 0 Å². The highest BCUT2D eigenvalue weighted by Crippen LogP contribution is 2.32. The van der Waals surface area contributed by atoms with E-state index in [1.165, 1.54) is 0 Å². The van der Waals surface area contributed by atoms with Gasteiger partial charge >= 0.3 is 0 Å². The zero-order chi connectivity index (χ0) is 15.4. The van der Waals surface area contributed by atoms with E-state index in [2.05, 4.69) is 5.32 Å². The second kappa shape index (κ2) is 7.71. The van der Waals surface area contributed by atoms with Crippen LogP contribution in [0.5, 0.6) is 0 Å². The first-order valence-corrected chi connectivity index (χ1v) is 8.15. The molecule has 0 saturated heterocycles. The van der Waals surface area contributed by atoms with Crippen LogP contribution >= 0.6 is 46.4 Å². The standard InChI is InChI=1S/C16H15Cl4N/c1-2-21-16(11-7-6-10(17)8-15(11)20)9-12-13(18)4-3-5-14(12)19/h3-8,16,21H,2,9H2,1H3. The van der Waals surface area contributed by atoms with Gasteiger partial charge in [-0.2, -0.15) is 0 Å². The molecule has 0 bridgehead atoms. The highest BCUT2D eigenvalue weighted by Gasteiger charge is 2.18. The van der Waals surface area contributed by atoms with E-state index in [9.17, 15) is 0 Å². The third kappa shape index (κ3) is 4.28. The summed E-state index contributed by atoms with van der Waals surface area (Å²) < 4.78 is 0. The van der Waals surface area contributed by atoms with Gasteiger partial charge in [-0.25, -0.2) is 0 Å². The van der Waals surface area contributed by atoms with Crippen LogP contribution in [0.2, 0.25) is 20.1 Å². The number of benzene rings is 2. The fourth-order valence-electron chi connectivity index (χ4n) is 2.25. The molecule has 0 fully saturated rings. The summed E-state index contributed by atoms with van der Waals surface area (Å²) >= 11 is 24.8. The van der Waals surface area contributed by atoms with E-state index >= 15 is 0 Å². The largest absolute Gasteiger partial charge is 0.310 e. The van der Waals surface area contributed by atoms with E-state index in [-0.39, 0.29) is 6.04 Å². The van der Waals surface area contributed by atoms with E-state index in [1.807, 2.05) is 37.3 Å². The molecule has 1 atom stereocenters. The van der Waals surface area contributed by atoms with Crippen LogP contribution in [0.15, 0.2) is 36.4 Å². The highest BCUT2D eigenvalue weighted by atomic mass is 35.5. The van der Waals surface area contributed by atoms with Crippen LogP contribution in [-0.2, 0) is 6.42 Å². The topological polar surface area (TPSA) is 12.0 Å². The molecular formula is C16H15Cl4N. The Balaban J connectivity index is 2.35. The smallest absolute Gasteiger partial charge is 0.0468 e. The summed E-state index contributed by atoms with van der Waals surface area (Å²) in [5, 5.41) is 6.00. The second-order valence-electron chi connectivity index (χ2n) is 4.68. The molecule has 1 nitrogen and oxygen atoms in total. The molecular weight excluding hydrogens is 348 g/mol. The van der Waals surface area contributed by atoms with Crippen LogP contribution in [0.1, 0.15) is 24.1 Å². The van der Waals surface area contributed by atoms with Gasteiger partial charge in [0.1, 0.15) is 0 Å². The van der Waals surface area contributed by atoms with Crippen molar-refractivity contribution in [3.8, 4) is 0 Å². The van der Waals surface area contributed by atoms with Crippen molar-refractivity contribution >= 4 is 46.4 Å². The minimum Gasteiger partial charge on any atom is -0.310 e. The average molecular weight is 363 g/mol. The molecule has 2 rings (SSSR count). The normalized spacial score (nSPS) is 12.4. The fraction of sp³-hybridized carbons (Fsp3) is 0.250. The summed E-state index contributed by atoms with van der Waals surface area (Å²) in [6.07, 6.45) is 0.660. The summed E-state index contributed by atoms with van der Waals surface area (Å²) in [4.78, 5) is 0. The Hall–Kier alpha value is -0.440. The zero-order valence-electron chi connectivity index (χ0n) is 11.5. The number of hydrogen-bond donors (Lipinski definition) is 1. The van der Waals surface area contributed by atoms with Crippen LogP contribution in [0.4, 0.5) is 0 Å². The van der Waals surface area contributed by atoms with E-state index in [1.54, 1.807) is 6.07 Å². The van der Waals surface area contributed by atoms with Crippen molar-refractivity contribution in [2.24, 2.45) is 0 Å². The van der Waals surface area contributed by atoms with Gasteiger partial charge in [0.25, 0.3) is 0 Å². The van der Waals surface area contributed by atoms with Gasteiger partial charge < -0.3 is 5.32 Å². The number of rotatable bonds is 5. The predicted molar refractivity (Wildman–Crippen MR) is 93.0 cm³/mol. The second-order valence-corrected chi connectivity index (χ2v) is 6.34. The first kappa shape index (κ1) is 16.9. The molecule has 1 N–H and O–H groups in total. The molecule has 112 valence electrons. The van der Waals surface area contributed by atoms with Gasteiger partial charge in [-0.05, 0) is 48.4 Å². The van der Waals surface area contributed by atoms with Gasteiger partial charge in [-0.15, -0.1) is 0 Å². The van der Waals surface area contributed by atoms with Crippen molar-refractivity contribution in [3.05, 3.63) is 67.6 Å². The van der Waals surface area contributed by atoms with Gasteiger partial charge in [-0.3, -0.25) is 0 Å². The van der Waals surface area contributed by atoms with Gasteiger partial charge in [0.2, 0.25) is 0 Å². The summed E-state index contributed by atoms with van der Waals surface area (Å²) in [5.74, 6) is 0. The van der Waals surface area contributed by atoms with Crippen LogP contribution in [0.25, 0.3) is 0 Å². The van der Waals surface area contributed by atoms with Gasteiger partial charge in [0, 0.05) is 26.1 Å². The maximum Gasteiger partial charge on any atom is 0.0468 e. The predicted octanol–water partition coefficient (Wildman–Crippen LogP) is 6.19. The minimum absolute atomic E-state index is 0.0252. The maximum absolute atomic E-state index is 6.32. The molecule has 0 radical (unpaired) electrons. The third-order valence-electron chi connectivity index (χ3n) is 3.26. The number of halogens is 4. The number of nitrogens with one attached hydrogen (secondary N) is 1. The summed E-state index contributed by atoms with van der Waals surface area (Å²) in [6, 6.07) is 11.1. The Labute approximate surface area is 145 Å². The summed E-state index contributed by atoms with van der Waals surface area (Å²) in [7, 11) is 0. The quantitative estimate of drug-likeness (QED) is 0.668. The van der Waals surface area contributed by atoms with E-state index in [0.29, 0.717) is 26.5 Å².